The number of anilines is 1. The summed E-state index contributed by atoms with van der Waals surface area (Å²) in [6.45, 7) is 4.84. The van der Waals surface area contributed by atoms with Crippen molar-refractivity contribution in [1.29, 1.82) is 0 Å². The molecule has 0 spiro atoms. The van der Waals surface area contributed by atoms with Gasteiger partial charge in [-0.1, -0.05) is 84.9 Å². The number of hydrogen-bond acceptors (Lipinski definition) is 4. The van der Waals surface area contributed by atoms with E-state index in [2.05, 4.69) is 39.6 Å². The van der Waals surface area contributed by atoms with Crippen LogP contribution in [0.2, 0.25) is 0 Å². The minimum atomic E-state index is -0.445. The Morgan fingerprint density at radius 1 is 0.921 bits per heavy atom. The third-order valence-corrected chi connectivity index (χ3v) is 6.54. The molecule has 5 aromatic rings. The molecule has 1 aromatic heterocycles. The Labute approximate surface area is 223 Å². The second-order valence-electron chi connectivity index (χ2n) is 9.44. The number of hydrogen-bond donors (Lipinski definition) is 1. The second kappa shape index (κ2) is 11.2. The lowest BCUT2D eigenvalue weighted by molar-refractivity contribution is 0.0690. The number of carbonyl (C=O) groups excluding carboxylic acids is 1. The van der Waals surface area contributed by atoms with Gasteiger partial charge in [-0.3, -0.25) is 4.79 Å². The molecule has 0 aliphatic heterocycles. The first-order valence-electron chi connectivity index (χ1n) is 12.7. The van der Waals surface area contributed by atoms with E-state index in [1.54, 1.807) is 23.1 Å². The number of amides is 1. The molecule has 0 saturated heterocycles. The van der Waals surface area contributed by atoms with E-state index in [1.165, 1.54) is 12.3 Å². The monoisotopic (exact) mass is 506 g/mol. The smallest absolute Gasteiger partial charge is 0.258 e. The van der Waals surface area contributed by atoms with Crippen LogP contribution >= 0.6 is 0 Å². The topological polar surface area (TPSA) is 58.1 Å². The summed E-state index contributed by atoms with van der Waals surface area (Å²) in [5.74, 6) is -0.367. The average molecular weight is 507 g/mol. The highest BCUT2D eigenvalue weighted by Gasteiger charge is 2.25. The van der Waals surface area contributed by atoms with Crippen LogP contribution in [0.1, 0.15) is 36.8 Å². The summed E-state index contributed by atoms with van der Waals surface area (Å²) in [4.78, 5) is 24.7. The van der Waals surface area contributed by atoms with Gasteiger partial charge in [0.1, 0.15) is 5.82 Å². The van der Waals surface area contributed by atoms with Crippen LogP contribution in [0.5, 0.6) is 0 Å². The molecule has 6 heteroatoms. The zero-order chi connectivity index (χ0) is 26.5. The number of rotatable bonds is 8. The number of nitrogens with zero attached hydrogens (tertiary/aromatic N) is 3. The highest BCUT2D eigenvalue weighted by molar-refractivity contribution is 6.00. The minimum absolute atomic E-state index is 0. The summed E-state index contributed by atoms with van der Waals surface area (Å²) in [6.07, 6.45) is 1.50. The first-order chi connectivity index (χ1) is 18.5. The number of aromatic nitrogens is 2. The van der Waals surface area contributed by atoms with Crippen LogP contribution in [-0.2, 0) is 13.1 Å². The van der Waals surface area contributed by atoms with Crippen LogP contribution in [0.25, 0.3) is 22.0 Å². The summed E-state index contributed by atoms with van der Waals surface area (Å²) >= 11 is 0. The molecule has 5 rings (SSSR count). The van der Waals surface area contributed by atoms with Crippen LogP contribution < -0.4 is 5.32 Å². The molecule has 4 aromatic carbocycles. The summed E-state index contributed by atoms with van der Waals surface area (Å²) in [6, 6.07) is 30.4. The predicted octanol–water partition coefficient (Wildman–Crippen LogP) is 7.34. The van der Waals surface area contributed by atoms with Crippen molar-refractivity contribution in [2.45, 2.75) is 33.0 Å². The zero-order valence-electron chi connectivity index (χ0n) is 21.4. The molecular formula is C32H31FN4O. The third kappa shape index (κ3) is 5.39. The molecule has 0 saturated carbocycles. The van der Waals surface area contributed by atoms with Crippen LogP contribution in [-0.4, -0.2) is 26.8 Å². The van der Waals surface area contributed by atoms with Crippen molar-refractivity contribution < 1.29 is 10.6 Å². The van der Waals surface area contributed by atoms with E-state index >= 15 is 0 Å². The van der Waals surface area contributed by atoms with Crippen LogP contribution in [0, 0.1) is 5.82 Å². The lowest BCUT2D eigenvalue weighted by atomic mass is 10.0. The maximum atomic E-state index is 15.0. The normalized spacial score (nSPS) is 11.1. The van der Waals surface area contributed by atoms with E-state index in [0.717, 1.165) is 21.9 Å². The fourth-order valence-corrected chi connectivity index (χ4v) is 4.53. The van der Waals surface area contributed by atoms with Crippen LogP contribution in [0.15, 0.2) is 103 Å². The first-order valence-corrected chi connectivity index (χ1v) is 12.7. The van der Waals surface area contributed by atoms with Gasteiger partial charge in [0.15, 0.2) is 0 Å². The van der Waals surface area contributed by atoms with E-state index in [1.807, 2.05) is 62.4 Å². The van der Waals surface area contributed by atoms with Gasteiger partial charge in [0, 0.05) is 32.3 Å². The van der Waals surface area contributed by atoms with Gasteiger partial charge >= 0.3 is 0 Å². The number of benzene rings is 4. The van der Waals surface area contributed by atoms with E-state index < -0.39 is 5.82 Å². The van der Waals surface area contributed by atoms with Crippen molar-refractivity contribution in [3.05, 3.63) is 126 Å². The molecule has 0 aliphatic carbocycles. The molecule has 1 amide bonds. The minimum Gasteiger partial charge on any atom is -0.350 e. The van der Waals surface area contributed by atoms with Crippen molar-refractivity contribution in [2.24, 2.45) is 0 Å². The number of carbonyl (C=O) groups is 1. The highest BCUT2D eigenvalue weighted by Crippen LogP contribution is 2.28. The molecule has 0 fully saturated rings. The molecule has 0 aliphatic rings. The Morgan fingerprint density at radius 3 is 2.42 bits per heavy atom. The fraction of sp³-hybridized carbons (Fsp3) is 0.156. The van der Waals surface area contributed by atoms with Gasteiger partial charge in [-0.25, -0.2) is 14.4 Å². The third-order valence-electron chi connectivity index (χ3n) is 6.54. The molecule has 192 valence electrons. The highest BCUT2D eigenvalue weighted by atomic mass is 19.1. The zero-order valence-corrected chi connectivity index (χ0v) is 21.4. The van der Waals surface area contributed by atoms with Gasteiger partial charge < -0.3 is 10.2 Å². The summed E-state index contributed by atoms with van der Waals surface area (Å²) in [5.41, 5.74) is 2.89. The van der Waals surface area contributed by atoms with Gasteiger partial charge in [-0.05, 0) is 47.9 Å². The molecule has 1 N–H and O–H groups in total. The number of nitrogens with one attached hydrogen (secondary N) is 1. The Morgan fingerprint density at radius 2 is 1.63 bits per heavy atom. The van der Waals surface area contributed by atoms with Crippen molar-refractivity contribution in [2.75, 3.05) is 5.32 Å². The van der Waals surface area contributed by atoms with E-state index in [0.29, 0.717) is 19.0 Å². The SMILES string of the molecule is CC(C)N(Cc1ccccc1)C(=O)c1cnc(NCc2cccc3ccccc23)nc1-c1ccccc1F.[HH]. The molecule has 0 atom stereocenters. The van der Waals surface area contributed by atoms with Gasteiger partial charge in [-0.2, -0.15) is 0 Å². The molecule has 5 nitrogen and oxygen atoms in total. The van der Waals surface area contributed by atoms with Crippen LogP contribution in [0.3, 0.4) is 0 Å². The molecule has 38 heavy (non-hydrogen) atoms. The average Bonchev–Trinajstić information content (AvgIpc) is 2.95. The van der Waals surface area contributed by atoms with Gasteiger partial charge in [-0.15, -0.1) is 0 Å². The van der Waals surface area contributed by atoms with Crippen molar-refractivity contribution >= 4 is 22.6 Å². The van der Waals surface area contributed by atoms with Crippen molar-refractivity contribution in [3.8, 4) is 11.3 Å². The lowest BCUT2D eigenvalue weighted by Crippen LogP contribution is -2.37. The first kappa shape index (κ1) is 25.1. The quantitative estimate of drug-likeness (QED) is 0.239. The van der Waals surface area contributed by atoms with Gasteiger partial charge in [0.05, 0.1) is 11.3 Å². The van der Waals surface area contributed by atoms with E-state index in [4.69, 9.17) is 0 Å². The lowest BCUT2D eigenvalue weighted by Gasteiger charge is -2.27. The molecular weight excluding hydrogens is 475 g/mol. The summed E-state index contributed by atoms with van der Waals surface area (Å²) < 4.78 is 15.0. The van der Waals surface area contributed by atoms with Crippen LogP contribution in [0.4, 0.5) is 10.3 Å². The van der Waals surface area contributed by atoms with Crippen molar-refractivity contribution in [3.63, 3.8) is 0 Å². The standard InChI is InChI=1S/C32H29FN4O.H2/c1-22(2)37(21-23-11-4-3-5-12-23)31(38)28-20-35-32(36-30(28)27-17-8-9-18-29(27)33)34-19-25-15-10-14-24-13-6-7-16-26(24)25;/h3-18,20,22H,19,21H2,1-2H3,(H,34,35,36);1H. The van der Waals surface area contributed by atoms with Gasteiger partial charge in [0.25, 0.3) is 5.91 Å². The maximum Gasteiger partial charge on any atom is 0.258 e. The molecule has 0 radical (unpaired) electrons. The largest absolute Gasteiger partial charge is 0.350 e. The molecule has 0 bridgehead atoms. The maximum absolute atomic E-state index is 15.0. The van der Waals surface area contributed by atoms with E-state index in [-0.39, 0.29) is 30.2 Å². The molecule has 1 heterocycles. The fourth-order valence-electron chi connectivity index (χ4n) is 4.53. The Kier molecular flexibility index (Phi) is 7.40. The van der Waals surface area contributed by atoms with E-state index in [9.17, 15) is 9.18 Å². The Hall–Kier alpha value is -4.58. The summed E-state index contributed by atoms with van der Waals surface area (Å²) in [5, 5.41) is 5.55. The van der Waals surface area contributed by atoms with Gasteiger partial charge in [0.2, 0.25) is 5.95 Å². The Balaban J connectivity index is 0.00000353. The Bertz CT molecular complexity index is 1570. The molecule has 0 unspecified atom stereocenters. The number of fused-ring (bicyclic) bond motifs is 1. The number of halogens is 1. The summed E-state index contributed by atoms with van der Waals surface area (Å²) in [7, 11) is 0. The van der Waals surface area contributed by atoms with Crippen molar-refractivity contribution in [1.82, 2.24) is 14.9 Å². The second-order valence-corrected chi connectivity index (χ2v) is 9.44. The predicted molar refractivity (Wildman–Crippen MR) is 152 cm³/mol.